The number of halogens is 2. The first-order valence-electron chi connectivity index (χ1n) is 13.6. The maximum atomic E-state index is 14.3. The number of carbonyl (C=O) groups excluding carboxylic acids is 3. The van der Waals surface area contributed by atoms with Crippen molar-refractivity contribution < 1.29 is 36.3 Å². The van der Waals surface area contributed by atoms with E-state index in [0.717, 1.165) is 12.1 Å². The molecule has 43 heavy (non-hydrogen) atoms. The van der Waals surface area contributed by atoms with E-state index in [-0.39, 0.29) is 36.7 Å². The van der Waals surface area contributed by atoms with Gasteiger partial charge in [-0.25, -0.2) is 27.1 Å². The molecule has 1 unspecified atom stereocenters. The molecule has 1 atom stereocenters. The van der Waals surface area contributed by atoms with E-state index >= 15 is 0 Å². The lowest BCUT2D eigenvalue weighted by molar-refractivity contribution is -0.148. The van der Waals surface area contributed by atoms with Crippen LogP contribution in [0.3, 0.4) is 0 Å². The van der Waals surface area contributed by atoms with Gasteiger partial charge in [-0.2, -0.15) is 0 Å². The van der Waals surface area contributed by atoms with Gasteiger partial charge in [0.2, 0.25) is 15.9 Å². The largest absolute Gasteiger partial charge is 0.466 e. The molecule has 3 rings (SSSR count). The highest BCUT2D eigenvalue weighted by molar-refractivity contribution is 7.89. The van der Waals surface area contributed by atoms with Crippen LogP contribution in [0, 0.1) is 17.6 Å². The van der Waals surface area contributed by atoms with E-state index in [2.05, 4.69) is 5.32 Å². The molecular formula is C30H34F2N4O6S. The van der Waals surface area contributed by atoms with Crippen molar-refractivity contribution in [2.75, 3.05) is 18.5 Å². The average molecular weight is 617 g/mol. The zero-order valence-electron chi connectivity index (χ0n) is 23.6. The monoisotopic (exact) mass is 616 g/mol. The molecule has 0 spiro atoms. The summed E-state index contributed by atoms with van der Waals surface area (Å²) in [6.07, 6.45) is 1.35. The van der Waals surface area contributed by atoms with Crippen molar-refractivity contribution in [1.29, 1.82) is 0 Å². The highest BCUT2D eigenvalue weighted by Crippen LogP contribution is 2.27. The number of rotatable bonds is 14. The van der Waals surface area contributed by atoms with Gasteiger partial charge in [0.1, 0.15) is 11.6 Å². The highest BCUT2D eigenvalue weighted by Gasteiger charge is 2.26. The van der Waals surface area contributed by atoms with Crippen molar-refractivity contribution >= 4 is 33.6 Å². The van der Waals surface area contributed by atoms with E-state index in [4.69, 9.17) is 15.6 Å². The van der Waals surface area contributed by atoms with E-state index in [9.17, 15) is 31.6 Å². The number of primary amides is 1. The molecule has 3 aromatic rings. The van der Waals surface area contributed by atoms with Crippen molar-refractivity contribution in [3.05, 3.63) is 83.9 Å². The quantitative estimate of drug-likeness (QED) is 0.178. The van der Waals surface area contributed by atoms with Crippen LogP contribution in [0.1, 0.15) is 38.2 Å². The first-order valence-corrected chi connectivity index (χ1v) is 15.1. The van der Waals surface area contributed by atoms with Crippen molar-refractivity contribution in [3.63, 3.8) is 0 Å². The summed E-state index contributed by atoms with van der Waals surface area (Å²) in [4.78, 5) is 38.6. The molecule has 5 N–H and O–H groups in total. The molecule has 0 saturated carbocycles. The standard InChI is InChI=1S/C30H34F2N4O6S/c1-2-42-29(38)22(7-3-6-10-28(33)37)19-36(30(39)35-26-16-15-23(31)17-25(26)32)18-20-11-13-21(14-12-20)24-8-4-5-9-27(24)43(34,40)41/h4-5,8-9,11-17,22H,2-3,6-7,10,18-19H2,1H3,(H2,33,37)(H,35,39)(H2,34,40,41). The van der Waals surface area contributed by atoms with Gasteiger partial charge in [-0.15, -0.1) is 0 Å². The van der Waals surface area contributed by atoms with Crippen LogP contribution in [0.15, 0.2) is 71.6 Å². The fraction of sp³-hybridized carbons (Fsp3) is 0.300. The topological polar surface area (TPSA) is 162 Å². The second-order valence-electron chi connectivity index (χ2n) is 9.83. The fourth-order valence-corrected chi connectivity index (χ4v) is 5.23. The van der Waals surface area contributed by atoms with Crippen molar-refractivity contribution in [1.82, 2.24) is 4.90 Å². The average Bonchev–Trinajstić information content (AvgIpc) is 2.95. The van der Waals surface area contributed by atoms with E-state index in [1.165, 1.54) is 11.0 Å². The Morgan fingerprint density at radius 2 is 1.70 bits per heavy atom. The molecule has 0 aliphatic rings. The molecule has 10 nitrogen and oxygen atoms in total. The summed E-state index contributed by atoms with van der Waals surface area (Å²) in [6.45, 7) is 1.63. The number of hydrogen-bond donors (Lipinski definition) is 3. The van der Waals surface area contributed by atoms with Gasteiger partial charge in [-0.05, 0) is 49.1 Å². The molecule has 0 bridgehead atoms. The first kappa shape index (κ1) is 33.1. The number of primary sulfonamides is 1. The Kier molecular flexibility index (Phi) is 11.7. The number of urea groups is 1. The maximum Gasteiger partial charge on any atom is 0.322 e. The Morgan fingerprint density at radius 3 is 2.33 bits per heavy atom. The van der Waals surface area contributed by atoms with Gasteiger partial charge >= 0.3 is 12.0 Å². The second kappa shape index (κ2) is 15.2. The summed E-state index contributed by atoms with van der Waals surface area (Å²) < 4.78 is 57.1. The van der Waals surface area contributed by atoms with Crippen LogP contribution in [-0.4, -0.2) is 44.4 Å². The number of ether oxygens (including phenoxy) is 1. The third kappa shape index (κ3) is 9.86. The number of amides is 3. The Labute approximate surface area is 249 Å². The zero-order chi connectivity index (χ0) is 31.6. The van der Waals surface area contributed by atoms with E-state index in [0.29, 0.717) is 42.0 Å². The minimum Gasteiger partial charge on any atom is -0.466 e. The lowest BCUT2D eigenvalue weighted by atomic mass is 9.99. The van der Waals surface area contributed by atoms with Gasteiger partial charge in [-0.3, -0.25) is 9.59 Å². The number of nitrogens with two attached hydrogens (primary N) is 2. The lowest BCUT2D eigenvalue weighted by Gasteiger charge is -2.27. The normalized spacial score (nSPS) is 11.9. The van der Waals surface area contributed by atoms with E-state index < -0.39 is 45.5 Å². The minimum absolute atomic E-state index is 0.0248. The third-order valence-electron chi connectivity index (χ3n) is 6.58. The fourth-order valence-electron chi connectivity index (χ4n) is 4.47. The maximum absolute atomic E-state index is 14.3. The molecule has 0 heterocycles. The number of carbonyl (C=O) groups is 3. The van der Waals surface area contributed by atoms with Crippen LogP contribution in [-0.2, 0) is 30.9 Å². The number of sulfonamides is 1. The Balaban J connectivity index is 1.89. The van der Waals surface area contributed by atoms with Crippen LogP contribution < -0.4 is 16.2 Å². The number of anilines is 1. The summed E-state index contributed by atoms with van der Waals surface area (Å²) in [5, 5.41) is 7.80. The van der Waals surface area contributed by atoms with Gasteiger partial charge in [0.05, 0.1) is 23.1 Å². The summed E-state index contributed by atoms with van der Waals surface area (Å²) in [7, 11) is -3.98. The van der Waals surface area contributed by atoms with Crippen LogP contribution in [0.5, 0.6) is 0 Å². The summed E-state index contributed by atoms with van der Waals surface area (Å²) in [6, 6.07) is 14.9. The molecule has 3 aromatic carbocycles. The van der Waals surface area contributed by atoms with Crippen LogP contribution >= 0.6 is 0 Å². The van der Waals surface area contributed by atoms with Gasteiger partial charge < -0.3 is 20.7 Å². The number of nitrogens with one attached hydrogen (secondary N) is 1. The van der Waals surface area contributed by atoms with E-state index in [1.54, 1.807) is 49.4 Å². The smallest absolute Gasteiger partial charge is 0.322 e. The van der Waals surface area contributed by atoms with Gasteiger partial charge in [0.25, 0.3) is 0 Å². The molecule has 0 aromatic heterocycles. The number of unbranched alkanes of at least 4 members (excludes halogenated alkanes) is 1. The highest BCUT2D eigenvalue weighted by atomic mass is 32.2. The number of benzene rings is 3. The Morgan fingerprint density at radius 1 is 1.00 bits per heavy atom. The first-order chi connectivity index (χ1) is 20.4. The molecular weight excluding hydrogens is 582 g/mol. The molecule has 0 aliphatic carbocycles. The summed E-state index contributed by atoms with van der Waals surface area (Å²) in [5.74, 6) is -3.56. The van der Waals surface area contributed by atoms with E-state index in [1.807, 2.05) is 0 Å². The molecule has 0 aliphatic heterocycles. The lowest BCUT2D eigenvalue weighted by Crippen LogP contribution is -2.40. The number of nitrogens with zero attached hydrogens (tertiary/aromatic N) is 1. The molecule has 0 saturated heterocycles. The Hall–Kier alpha value is -4.36. The molecule has 0 radical (unpaired) electrons. The van der Waals surface area contributed by atoms with Crippen molar-refractivity contribution in [2.45, 2.75) is 44.0 Å². The minimum atomic E-state index is -3.98. The summed E-state index contributed by atoms with van der Waals surface area (Å²) in [5.41, 5.74) is 6.54. The number of hydrogen-bond acceptors (Lipinski definition) is 6. The van der Waals surface area contributed by atoms with Gasteiger partial charge in [0.15, 0.2) is 0 Å². The molecule has 3 amide bonds. The van der Waals surface area contributed by atoms with Crippen molar-refractivity contribution in [2.24, 2.45) is 16.8 Å². The van der Waals surface area contributed by atoms with Gasteiger partial charge in [-0.1, -0.05) is 48.9 Å². The van der Waals surface area contributed by atoms with Crippen LogP contribution in [0.25, 0.3) is 11.1 Å². The van der Waals surface area contributed by atoms with Gasteiger partial charge in [0, 0.05) is 31.1 Å². The van der Waals surface area contributed by atoms with Crippen LogP contribution in [0.4, 0.5) is 19.3 Å². The predicted octanol–water partition coefficient (Wildman–Crippen LogP) is 4.54. The second-order valence-corrected chi connectivity index (χ2v) is 11.4. The zero-order valence-corrected chi connectivity index (χ0v) is 24.4. The molecule has 13 heteroatoms. The van der Waals surface area contributed by atoms with Crippen molar-refractivity contribution in [3.8, 4) is 11.1 Å². The number of esters is 1. The third-order valence-corrected chi connectivity index (χ3v) is 7.55. The predicted molar refractivity (Wildman–Crippen MR) is 157 cm³/mol. The SMILES string of the molecule is CCOC(=O)C(CCCCC(N)=O)CN(Cc1ccc(-c2ccccc2S(N)(=O)=O)cc1)C(=O)Nc1ccc(F)cc1F. The molecule has 230 valence electrons. The summed E-state index contributed by atoms with van der Waals surface area (Å²) >= 11 is 0. The Bertz CT molecular complexity index is 1550. The molecule has 0 fully saturated rings. The van der Waals surface area contributed by atoms with Crippen LogP contribution in [0.2, 0.25) is 0 Å².